The van der Waals surface area contributed by atoms with Gasteiger partial charge in [-0.15, -0.1) is 11.3 Å². The van der Waals surface area contributed by atoms with Crippen molar-refractivity contribution in [2.24, 2.45) is 0 Å². The molecule has 0 saturated carbocycles. The average Bonchev–Trinajstić information content (AvgIpc) is 3.24. The number of carbonyl (C=O) groups excluding carboxylic acids is 2. The van der Waals surface area contributed by atoms with Crippen LogP contribution in [-0.4, -0.2) is 71.5 Å². The molecule has 3 N–H and O–H groups in total. The fourth-order valence-electron chi connectivity index (χ4n) is 5.03. The molecule has 0 aliphatic carbocycles. The van der Waals surface area contributed by atoms with Crippen molar-refractivity contribution in [3.05, 3.63) is 53.4 Å². The van der Waals surface area contributed by atoms with Gasteiger partial charge in [-0.1, -0.05) is 12.1 Å². The van der Waals surface area contributed by atoms with Gasteiger partial charge < -0.3 is 25.5 Å². The van der Waals surface area contributed by atoms with Gasteiger partial charge in [0.05, 0.1) is 16.9 Å². The van der Waals surface area contributed by atoms with Crippen LogP contribution >= 0.6 is 11.3 Å². The summed E-state index contributed by atoms with van der Waals surface area (Å²) >= 11 is 1.50. The maximum absolute atomic E-state index is 12.7. The third kappa shape index (κ3) is 4.13. The second kappa shape index (κ2) is 9.04. The minimum absolute atomic E-state index is 0.0404. The average molecular weight is 516 g/mol. The predicted molar refractivity (Wildman–Crippen MR) is 144 cm³/mol. The Balaban J connectivity index is 1.26. The molecule has 6 rings (SSSR count). The molecule has 10 heteroatoms. The van der Waals surface area contributed by atoms with Crippen LogP contribution in [0.3, 0.4) is 0 Å². The lowest BCUT2D eigenvalue weighted by molar-refractivity contribution is -0.156. The fourth-order valence-corrected chi connectivity index (χ4v) is 6.13. The Morgan fingerprint density at radius 3 is 2.51 bits per heavy atom. The minimum Gasteiger partial charge on any atom is -0.474 e. The van der Waals surface area contributed by atoms with Crippen molar-refractivity contribution >= 4 is 61.5 Å². The monoisotopic (exact) mass is 515 g/mol. The van der Waals surface area contributed by atoms with E-state index in [0.29, 0.717) is 37.6 Å². The number of fused-ring (bicyclic) bond motifs is 5. The lowest BCUT2D eigenvalue weighted by atomic mass is 10.1. The summed E-state index contributed by atoms with van der Waals surface area (Å²) in [5, 5.41) is 17.5. The zero-order chi connectivity index (χ0) is 25.7. The summed E-state index contributed by atoms with van der Waals surface area (Å²) in [5.41, 5.74) is 4.62. The summed E-state index contributed by atoms with van der Waals surface area (Å²) < 4.78 is 1.05. The number of aliphatic carboxylic acids is 1. The second-order valence-corrected chi connectivity index (χ2v) is 10.4. The molecular weight excluding hydrogens is 490 g/mol. The van der Waals surface area contributed by atoms with Gasteiger partial charge in [0, 0.05) is 65.5 Å². The number of anilines is 2. The number of piperazine rings is 1. The number of carboxylic acid groups (broad SMARTS) is 1. The van der Waals surface area contributed by atoms with Crippen LogP contribution in [-0.2, 0) is 9.59 Å². The fraction of sp³-hybridized carbons (Fsp3) is 0.259. The van der Waals surface area contributed by atoms with E-state index < -0.39 is 11.9 Å². The number of nitrogens with one attached hydrogen (secondary N) is 2. The number of hydrogen-bond acceptors (Lipinski definition) is 7. The van der Waals surface area contributed by atoms with Gasteiger partial charge in [0.15, 0.2) is 0 Å². The van der Waals surface area contributed by atoms with Gasteiger partial charge >= 0.3 is 11.9 Å². The van der Waals surface area contributed by atoms with Crippen LogP contribution in [0.15, 0.2) is 48.5 Å². The molecule has 37 heavy (non-hydrogen) atoms. The predicted octanol–water partition coefficient (Wildman–Crippen LogP) is 3.39. The third-order valence-electron chi connectivity index (χ3n) is 6.97. The summed E-state index contributed by atoms with van der Waals surface area (Å²) in [4.78, 5) is 44.4. The Bertz CT molecular complexity index is 1560. The van der Waals surface area contributed by atoms with Gasteiger partial charge in [-0.2, -0.15) is 0 Å². The standard InChI is InChI=1S/C27H25N5O4S/c1-15-14-28-23-22-18-6-7-19(30-20(18)8-9-21(22)37-24(23)25(33)29-15)16-2-4-17(5-3-16)31-10-12-32(13-11-31)26(34)27(35)36/h2-9,15,28H,10-14H2,1H3,(H,29,33)(H,35,36)/t15-/m1/s1. The van der Waals surface area contributed by atoms with Crippen LogP contribution in [0.25, 0.3) is 32.2 Å². The van der Waals surface area contributed by atoms with Crippen molar-refractivity contribution in [2.75, 3.05) is 42.9 Å². The first kappa shape index (κ1) is 23.2. The van der Waals surface area contributed by atoms with Crippen molar-refractivity contribution in [2.45, 2.75) is 13.0 Å². The number of aromatic nitrogens is 1. The van der Waals surface area contributed by atoms with E-state index >= 15 is 0 Å². The van der Waals surface area contributed by atoms with Crippen molar-refractivity contribution in [1.82, 2.24) is 15.2 Å². The molecule has 0 bridgehead atoms. The highest BCUT2D eigenvalue weighted by Gasteiger charge is 2.26. The van der Waals surface area contributed by atoms with Crippen LogP contribution in [0.2, 0.25) is 0 Å². The van der Waals surface area contributed by atoms with Gasteiger partial charge in [0.1, 0.15) is 4.88 Å². The number of amides is 2. The second-order valence-electron chi connectivity index (χ2n) is 9.39. The van der Waals surface area contributed by atoms with Crippen LogP contribution < -0.4 is 15.5 Å². The van der Waals surface area contributed by atoms with Gasteiger partial charge in [-0.25, -0.2) is 9.78 Å². The molecule has 2 aromatic carbocycles. The first-order valence-corrected chi connectivity index (χ1v) is 13.0. The van der Waals surface area contributed by atoms with Gasteiger partial charge in [-0.05, 0) is 43.3 Å². The molecule has 4 aromatic rings. The van der Waals surface area contributed by atoms with Gasteiger partial charge in [-0.3, -0.25) is 9.59 Å². The maximum Gasteiger partial charge on any atom is 0.394 e. The highest BCUT2D eigenvalue weighted by molar-refractivity contribution is 7.21. The Hall–Kier alpha value is -4.18. The number of benzene rings is 2. The minimum atomic E-state index is -1.41. The normalized spacial score (nSPS) is 17.8. The van der Waals surface area contributed by atoms with E-state index in [-0.39, 0.29) is 11.9 Å². The number of carboxylic acids is 1. The molecule has 0 unspecified atom stereocenters. The molecule has 188 valence electrons. The molecule has 0 radical (unpaired) electrons. The van der Waals surface area contributed by atoms with Crippen molar-refractivity contribution < 1.29 is 19.5 Å². The van der Waals surface area contributed by atoms with Crippen molar-refractivity contribution in [3.63, 3.8) is 0 Å². The van der Waals surface area contributed by atoms with E-state index in [1.54, 1.807) is 0 Å². The van der Waals surface area contributed by atoms with E-state index in [0.717, 1.165) is 43.6 Å². The SMILES string of the molecule is C[C@@H]1CNc2c(sc3ccc4nc(-c5ccc(N6CCN(C(=O)C(=O)O)CC6)cc5)ccc4c23)C(=O)N1. The molecule has 1 atom stereocenters. The number of rotatable bonds is 2. The molecule has 1 fully saturated rings. The first-order chi connectivity index (χ1) is 17.9. The molecule has 0 spiro atoms. The highest BCUT2D eigenvalue weighted by Crippen LogP contribution is 2.41. The van der Waals surface area contributed by atoms with E-state index in [2.05, 4.69) is 21.6 Å². The van der Waals surface area contributed by atoms with Crippen molar-refractivity contribution in [3.8, 4) is 11.3 Å². The van der Waals surface area contributed by atoms with Gasteiger partial charge in [0.2, 0.25) is 0 Å². The van der Waals surface area contributed by atoms with Crippen LogP contribution in [0, 0.1) is 0 Å². The third-order valence-corrected chi connectivity index (χ3v) is 8.12. The quantitative estimate of drug-likeness (QED) is 0.351. The molecule has 2 amide bonds. The number of thiophene rings is 1. The number of nitrogens with zero attached hydrogens (tertiary/aromatic N) is 3. The molecule has 2 aliphatic rings. The smallest absolute Gasteiger partial charge is 0.394 e. The number of hydrogen-bond donors (Lipinski definition) is 3. The van der Waals surface area contributed by atoms with E-state index in [1.807, 2.05) is 49.4 Å². The summed E-state index contributed by atoms with van der Waals surface area (Å²) in [5.74, 6) is -2.30. The van der Waals surface area contributed by atoms with E-state index in [9.17, 15) is 14.4 Å². The van der Waals surface area contributed by atoms with Crippen molar-refractivity contribution in [1.29, 1.82) is 0 Å². The lowest BCUT2D eigenvalue weighted by Crippen LogP contribution is -2.50. The van der Waals surface area contributed by atoms with Crippen LogP contribution in [0.4, 0.5) is 11.4 Å². The summed E-state index contributed by atoms with van der Waals surface area (Å²) in [6.45, 7) is 4.59. The molecular formula is C27H25N5O4S. The zero-order valence-electron chi connectivity index (χ0n) is 20.2. The van der Waals surface area contributed by atoms with Crippen LogP contribution in [0.1, 0.15) is 16.6 Å². The lowest BCUT2D eigenvalue weighted by Gasteiger charge is -2.35. The number of carbonyl (C=O) groups is 3. The Kier molecular flexibility index (Phi) is 5.68. The van der Waals surface area contributed by atoms with Gasteiger partial charge in [0.25, 0.3) is 5.91 Å². The molecule has 2 aromatic heterocycles. The Morgan fingerprint density at radius 1 is 1.03 bits per heavy atom. The molecule has 1 saturated heterocycles. The topological polar surface area (TPSA) is 115 Å². The molecule has 9 nitrogen and oxygen atoms in total. The first-order valence-electron chi connectivity index (χ1n) is 12.2. The molecule has 4 heterocycles. The molecule has 2 aliphatic heterocycles. The number of pyridine rings is 1. The Labute approximate surface area is 216 Å². The summed E-state index contributed by atoms with van der Waals surface area (Å²) in [6.07, 6.45) is 0. The Morgan fingerprint density at radius 2 is 1.78 bits per heavy atom. The zero-order valence-corrected chi connectivity index (χ0v) is 21.0. The van der Waals surface area contributed by atoms with E-state index in [4.69, 9.17) is 10.1 Å². The van der Waals surface area contributed by atoms with Crippen LogP contribution in [0.5, 0.6) is 0 Å². The summed E-state index contributed by atoms with van der Waals surface area (Å²) in [7, 11) is 0. The largest absolute Gasteiger partial charge is 0.474 e. The highest BCUT2D eigenvalue weighted by atomic mass is 32.1. The summed E-state index contributed by atoms with van der Waals surface area (Å²) in [6, 6.07) is 16.3. The maximum atomic E-state index is 12.7. The van der Waals surface area contributed by atoms with E-state index in [1.165, 1.54) is 16.2 Å².